The van der Waals surface area contributed by atoms with Gasteiger partial charge in [0.25, 0.3) is 0 Å². The molecule has 0 saturated heterocycles. The Bertz CT molecular complexity index is 562. The molecule has 0 aromatic heterocycles. The molecule has 3 rings (SSSR count). The number of ether oxygens (including phenoxy) is 1. The summed E-state index contributed by atoms with van der Waals surface area (Å²) < 4.78 is 5.23. The van der Waals surface area contributed by atoms with Gasteiger partial charge in [-0.3, -0.25) is 0 Å². The fraction of sp³-hybridized carbons (Fsp3) is 0.650. The van der Waals surface area contributed by atoms with Gasteiger partial charge in [0.2, 0.25) is 0 Å². The minimum absolute atomic E-state index is 0.349. The molecule has 0 aliphatic heterocycles. The van der Waals surface area contributed by atoms with Gasteiger partial charge in [-0.2, -0.15) is 0 Å². The fourth-order valence-corrected chi connectivity index (χ4v) is 3.65. The Kier molecular flexibility index (Phi) is 5.14. The Morgan fingerprint density at radius 1 is 1.17 bits per heavy atom. The Balaban J connectivity index is 1.36. The third-order valence-corrected chi connectivity index (χ3v) is 5.02. The second kappa shape index (κ2) is 7.14. The zero-order valence-corrected chi connectivity index (χ0v) is 15.1. The predicted octanol–water partition coefficient (Wildman–Crippen LogP) is 3.64. The largest absolute Gasteiger partial charge is 0.444 e. The Hall–Kier alpha value is -1.55. The highest BCUT2D eigenvalue weighted by atomic mass is 16.6. The van der Waals surface area contributed by atoms with E-state index in [-0.39, 0.29) is 6.09 Å². The van der Waals surface area contributed by atoms with Crippen LogP contribution in [-0.4, -0.2) is 24.3 Å². The summed E-state index contributed by atoms with van der Waals surface area (Å²) in [5, 5.41) is 6.52. The van der Waals surface area contributed by atoms with Crippen molar-refractivity contribution in [2.75, 3.05) is 6.54 Å². The lowest BCUT2D eigenvalue weighted by molar-refractivity contribution is 0.0528. The molecule has 2 N–H and O–H groups in total. The quantitative estimate of drug-likeness (QED) is 0.837. The van der Waals surface area contributed by atoms with Gasteiger partial charge < -0.3 is 15.4 Å². The van der Waals surface area contributed by atoms with Crippen LogP contribution < -0.4 is 10.6 Å². The summed E-state index contributed by atoms with van der Waals surface area (Å²) in [6.45, 7) is 7.17. The second-order valence-electron chi connectivity index (χ2n) is 8.22. The van der Waals surface area contributed by atoms with Crippen molar-refractivity contribution in [1.82, 2.24) is 10.6 Å². The Morgan fingerprint density at radius 3 is 2.46 bits per heavy atom. The standard InChI is InChI=1S/C20H30N2O2/c1-20(2,3)24-19(23)21-11-10-14-4-6-15(7-5-14)13-22-18-9-8-16-12-17(16)18/h4-7,16-18,22H,8-13H2,1-3H3,(H,21,23)/t16-,17+,18?/m0/s1. The molecule has 0 heterocycles. The molecular weight excluding hydrogens is 300 g/mol. The van der Waals surface area contributed by atoms with Gasteiger partial charge in [0.1, 0.15) is 5.60 Å². The molecule has 2 aliphatic rings. The van der Waals surface area contributed by atoms with Gasteiger partial charge in [-0.25, -0.2) is 4.79 Å². The highest BCUT2D eigenvalue weighted by Crippen LogP contribution is 2.51. The number of fused-ring (bicyclic) bond motifs is 1. The first-order valence-corrected chi connectivity index (χ1v) is 9.19. The van der Waals surface area contributed by atoms with Crippen molar-refractivity contribution in [3.63, 3.8) is 0 Å². The zero-order chi connectivity index (χ0) is 17.2. The van der Waals surface area contributed by atoms with E-state index in [0.29, 0.717) is 6.54 Å². The maximum absolute atomic E-state index is 11.6. The van der Waals surface area contributed by atoms with Crippen molar-refractivity contribution in [2.24, 2.45) is 11.8 Å². The summed E-state index contributed by atoms with van der Waals surface area (Å²) >= 11 is 0. The number of amides is 1. The molecule has 0 bridgehead atoms. The number of carbonyl (C=O) groups excluding carboxylic acids is 1. The predicted molar refractivity (Wildman–Crippen MR) is 95.8 cm³/mol. The Labute approximate surface area is 145 Å². The third-order valence-electron chi connectivity index (χ3n) is 5.02. The van der Waals surface area contributed by atoms with E-state index in [4.69, 9.17) is 4.74 Å². The van der Waals surface area contributed by atoms with Crippen LogP contribution in [-0.2, 0) is 17.7 Å². The van der Waals surface area contributed by atoms with E-state index < -0.39 is 5.60 Å². The number of hydrogen-bond acceptors (Lipinski definition) is 3. The van der Waals surface area contributed by atoms with E-state index in [0.717, 1.165) is 30.8 Å². The SMILES string of the molecule is CC(C)(C)OC(=O)NCCc1ccc(CNC2CC[C@H]3C[C@@H]23)cc1. The van der Waals surface area contributed by atoms with Crippen molar-refractivity contribution in [2.45, 2.75) is 64.6 Å². The molecule has 2 saturated carbocycles. The first kappa shape index (κ1) is 17.3. The highest BCUT2D eigenvalue weighted by molar-refractivity contribution is 5.67. The van der Waals surface area contributed by atoms with Gasteiger partial charge in [-0.15, -0.1) is 0 Å². The fourth-order valence-electron chi connectivity index (χ4n) is 3.65. The molecule has 4 heteroatoms. The van der Waals surface area contributed by atoms with E-state index in [2.05, 4.69) is 34.9 Å². The molecule has 1 aromatic carbocycles. The van der Waals surface area contributed by atoms with Crippen LogP contribution in [0.3, 0.4) is 0 Å². The van der Waals surface area contributed by atoms with E-state index >= 15 is 0 Å². The van der Waals surface area contributed by atoms with Crippen molar-refractivity contribution in [1.29, 1.82) is 0 Å². The maximum Gasteiger partial charge on any atom is 0.407 e. The van der Waals surface area contributed by atoms with E-state index in [1.807, 2.05) is 20.8 Å². The molecular formula is C20H30N2O2. The minimum Gasteiger partial charge on any atom is -0.444 e. The Morgan fingerprint density at radius 2 is 1.88 bits per heavy atom. The summed E-state index contributed by atoms with van der Waals surface area (Å²) in [5.41, 5.74) is 2.12. The molecule has 2 aliphatic carbocycles. The molecule has 4 nitrogen and oxygen atoms in total. The highest BCUT2D eigenvalue weighted by Gasteiger charge is 2.47. The molecule has 2 fully saturated rings. The number of hydrogen-bond donors (Lipinski definition) is 2. The van der Waals surface area contributed by atoms with E-state index in [1.165, 1.54) is 30.4 Å². The molecule has 1 amide bonds. The van der Waals surface area contributed by atoms with Crippen molar-refractivity contribution in [3.05, 3.63) is 35.4 Å². The molecule has 3 atom stereocenters. The summed E-state index contributed by atoms with van der Waals surface area (Å²) in [6.07, 6.45) is 4.69. The molecule has 1 unspecified atom stereocenters. The van der Waals surface area contributed by atoms with Gasteiger partial charge >= 0.3 is 6.09 Å². The van der Waals surface area contributed by atoms with Crippen LogP contribution in [0.2, 0.25) is 0 Å². The topological polar surface area (TPSA) is 50.4 Å². The van der Waals surface area contributed by atoms with Crippen molar-refractivity contribution in [3.8, 4) is 0 Å². The molecule has 132 valence electrons. The van der Waals surface area contributed by atoms with E-state index in [1.54, 1.807) is 0 Å². The van der Waals surface area contributed by atoms with Gasteiger partial charge in [0.15, 0.2) is 0 Å². The van der Waals surface area contributed by atoms with Crippen LogP contribution in [0.1, 0.15) is 51.2 Å². The number of alkyl carbamates (subject to hydrolysis) is 1. The summed E-state index contributed by atoms with van der Waals surface area (Å²) in [6, 6.07) is 9.43. The molecule has 1 aromatic rings. The lowest BCUT2D eigenvalue weighted by atomic mass is 10.1. The maximum atomic E-state index is 11.6. The minimum atomic E-state index is -0.446. The van der Waals surface area contributed by atoms with Crippen LogP contribution in [0.5, 0.6) is 0 Å². The first-order chi connectivity index (χ1) is 11.4. The van der Waals surface area contributed by atoms with E-state index in [9.17, 15) is 4.79 Å². The number of rotatable bonds is 6. The monoisotopic (exact) mass is 330 g/mol. The average Bonchev–Trinajstić information content (AvgIpc) is 3.18. The van der Waals surface area contributed by atoms with Gasteiger partial charge in [-0.05, 0) is 69.4 Å². The van der Waals surface area contributed by atoms with Crippen LogP contribution in [0, 0.1) is 11.8 Å². The number of benzene rings is 1. The van der Waals surface area contributed by atoms with Crippen LogP contribution in [0.15, 0.2) is 24.3 Å². The molecule has 0 spiro atoms. The average molecular weight is 330 g/mol. The number of carbonyl (C=O) groups is 1. The van der Waals surface area contributed by atoms with Gasteiger partial charge in [-0.1, -0.05) is 24.3 Å². The first-order valence-electron chi connectivity index (χ1n) is 9.19. The second-order valence-corrected chi connectivity index (χ2v) is 8.22. The van der Waals surface area contributed by atoms with Gasteiger partial charge in [0, 0.05) is 19.1 Å². The molecule has 0 radical (unpaired) electrons. The van der Waals surface area contributed by atoms with Gasteiger partial charge in [0.05, 0.1) is 0 Å². The smallest absolute Gasteiger partial charge is 0.407 e. The van der Waals surface area contributed by atoms with Crippen LogP contribution in [0.4, 0.5) is 4.79 Å². The zero-order valence-electron chi connectivity index (χ0n) is 15.1. The van der Waals surface area contributed by atoms with Crippen LogP contribution >= 0.6 is 0 Å². The summed E-state index contributed by atoms with van der Waals surface area (Å²) in [4.78, 5) is 11.6. The lowest BCUT2D eigenvalue weighted by Crippen LogP contribution is -2.33. The molecule has 24 heavy (non-hydrogen) atoms. The van der Waals surface area contributed by atoms with Crippen LogP contribution in [0.25, 0.3) is 0 Å². The summed E-state index contributed by atoms with van der Waals surface area (Å²) in [5.74, 6) is 1.99. The summed E-state index contributed by atoms with van der Waals surface area (Å²) in [7, 11) is 0. The van der Waals surface area contributed by atoms with Crippen molar-refractivity contribution < 1.29 is 9.53 Å². The lowest BCUT2D eigenvalue weighted by Gasteiger charge is -2.19. The normalized spacial score (nSPS) is 25.2. The third kappa shape index (κ3) is 4.97. The van der Waals surface area contributed by atoms with Crippen molar-refractivity contribution >= 4 is 6.09 Å². The number of nitrogens with one attached hydrogen (secondary N) is 2.